The molecular formula is C15H22BrNO3. The van der Waals surface area contributed by atoms with E-state index < -0.39 is 0 Å². The fourth-order valence-electron chi connectivity index (χ4n) is 2.03. The third-order valence-corrected chi connectivity index (χ3v) is 3.62. The van der Waals surface area contributed by atoms with Gasteiger partial charge in [-0.15, -0.1) is 0 Å². The van der Waals surface area contributed by atoms with Crippen LogP contribution in [0, 0.1) is 0 Å². The van der Waals surface area contributed by atoms with Gasteiger partial charge in [-0.3, -0.25) is 4.79 Å². The van der Waals surface area contributed by atoms with E-state index in [1.54, 1.807) is 26.4 Å². The molecule has 1 rings (SSSR count). The van der Waals surface area contributed by atoms with Gasteiger partial charge in [0.25, 0.3) is 5.91 Å². The molecule has 0 saturated heterocycles. The van der Waals surface area contributed by atoms with Crippen molar-refractivity contribution in [1.29, 1.82) is 0 Å². The molecule has 0 unspecified atom stereocenters. The van der Waals surface area contributed by atoms with Crippen LogP contribution in [0.1, 0.15) is 30.6 Å². The molecule has 0 spiro atoms. The van der Waals surface area contributed by atoms with Gasteiger partial charge in [-0.25, -0.2) is 0 Å². The summed E-state index contributed by atoms with van der Waals surface area (Å²) in [5.74, 6) is 1.02. The number of rotatable bonds is 7. The largest absolute Gasteiger partial charge is 0.496 e. The first kappa shape index (κ1) is 16.8. The van der Waals surface area contributed by atoms with E-state index in [9.17, 15) is 4.79 Å². The Kier molecular flexibility index (Phi) is 6.85. The van der Waals surface area contributed by atoms with Crippen molar-refractivity contribution in [2.24, 2.45) is 0 Å². The molecule has 0 atom stereocenters. The number of nitrogens with zero attached hydrogens (tertiary/aromatic N) is 1. The van der Waals surface area contributed by atoms with E-state index in [1.807, 2.05) is 24.8 Å². The minimum absolute atomic E-state index is 0.0600. The van der Waals surface area contributed by atoms with Crippen LogP contribution in [0.25, 0.3) is 0 Å². The summed E-state index contributed by atoms with van der Waals surface area (Å²) in [4.78, 5) is 14.6. The lowest BCUT2D eigenvalue weighted by Gasteiger charge is -2.28. The van der Waals surface area contributed by atoms with Crippen LogP contribution in [0.5, 0.6) is 11.5 Å². The predicted molar refractivity (Wildman–Crippen MR) is 84.1 cm³/mol. The zero-order valence-electron chi connectivity index (χ0n) is 12.5. The molecule has 5 heteroatoms. The number of amides is 1. The molecular weight excluding hydrogens is 322 g/mol. The molecule has 20 heavy (non-hydrogen) atoms. The van der Waals surface area contributed by atoms with E-state index in [-0.39, 0.29) is 11.9 Å². The zero-order chi connectivity index (χ0) is 15.1. The van der Waals surface area contributed by atoms with E-state index in [1.165, 1.54) is 0 Å². The van der Waals surface area contributed by atoms with Crippen LogP contribution >= 0.6 is 15.9 Å². The third kappa shape index (κ3) is 3.88. The number of methoxy groups -OCH3 is 2. The van der Waals surface area contributed by atoms with Crippen LogP contribution in [-0.2, 0) is 0 Å². The number of ether oxygens (including phenoxy) is 2. The average molecular weight is 344 g/mol. The molecule has 1 aromatic rings. The van der Waals surface area contributed by atoms with Gasteiger partial charge in [0.2, 0.25) is 0 Å². The minimum Gasteiger partial charge on any atom is -0.496 e. The maximum atomic E-state index is 12.8. The van der Waals surface area contributed by atoms with E-state index in [2.05, 4.69) is 15.9 Å². The van der Waals surface area contributed by atoms with Gasteiger partial charge in [-0.1, -0.05) is 22.0 Å². The Labute approximate surface area is 129 Å². The van der Waals surface area contributed by atoms with E-state index in [0.29, 0.717) is 23.6 Å². The van der Waals surface area contributed by atoms with Crippen molar-refractivity contribution in [3.05, 3.63) is 23.8 Å². The molecule has 0 N–H and O–H groups in total. The maximum absolute atomic E-state index is 12.8. The van der Waals surface area contributed by atoms with Crippen LogP contribution < -0.4 is 9.47 Å². The SMILES string of the molecule is COc1cccc(OC)c1C(=O)N(CCCBr)C(C)C. The van der Waals surface area contributed by atoms with Crippen molar-refractivity contribution in [3.8, 4) is 11.5 Å². The smallest absolute Gasteiger partial charge is 0.261 e. The van der Waals surface area contributed by atoms with Crippen LogP contribution in [-0.4, -0.2) is 42.9 Å². The first-order valence-electron chi connectivity index (χ1n) is 6.64. The summed E-state index contributed by atoms with van der Waals surface area (Å²) in [6.07, 6.45) is 0.904. The van der Waals surface area contributed by atoms with Gasteiger partial charge in [0.1, 0.15) is 17.1 Å². The van der Waals surface area contributed by atoms with Gasteiger partial charge >= 0.3 is 0 Å². The molecule has 0 radical (unpaired) electrons. The van der Waals surface area contributed by atoms with Gasteiger partial charge in [-0.05, 0) is 32.4 Å². The lowest BCUT2D eigenvalue weighted by Crippen LogP contribution is -2.38. The lowest BCUT2D eigenvalue weighted by atomic mass is 10.1. The Hall–Kier alpha value is -1.23. The number of halogens is 1. The monoisotopic (exact) mass is 343 g/mol. The number of carbonyl (C=O) groups is 1. The van der Waals surface area contributed by atoms with Crippen LogP contribution in [0.4, 0.5) is 0 Å². The highest BCUT2D eigenvalue weighted by Gasteiger charge is 2.25. The molecule has 1 aromatic carbocycles. The number of alkyl halides is 1. The van der Waals surface area contributed by atoms with Gasteiger partial charge < -0.3 is 14.4 Å². The van der Waals surface area contributed by atoms with Gasteiger partial charge in [0, 0.05) is 17.9 Å². The quantitative estimate of drug-likeness (QED) is 0.712. The summed E-state index contributed by atoms with van der Waals surface area (Å²) in [7, 11) is 3.12. The van der Waals surface area contributed by atoms with E-state index in [0.717, 1.165) is 11.8 Å². The number of hydrogen-bond acceptors (Lipinski definition) is 3. The maximum Gasteiger partial charge on any atom is 0.261 e. The molecule has 0 fully saturated rings. The Balaban J connectivity index is 3.16. The standard InChI is InChI=1S/C15H22BrNO3/c1-11(2)17(10-6-9-16)15(18)14-12(19-3)7-5-8-13(14)20-4/h5,7-8,11H,6,9-10H2,1-4H3. The van der Waals surface area contributed by atoms with Crippen molar-refractivity contribution < 1.29 is 14.3 Å². The summed E-state index contributed by atoms with van der Waals surface area (Å²) >= 11 is 3.40. The molecule has 4 nitrogen and oxygen atoms in total. The Bertz CT molecular complexity index is 426. The summed E-state index contributed by atoms with van der Waals surface area (Å²) < 4.78 is 10.6. The molecule has 0 saturated carbocycles. The molecule has 0 bridgehead atoms. The normalized spacial score (nSPS) is 10.5. The highest BCUT2D eigenvalue weighted by Crippen LogP contribution is 2.30. The molecule has 112 valence electrons. The second kappa shape index (κ2) is 8.15. The summed E-state index contributed by atoms with van der Waals surface area (Å²) in [6, 6.07) is 5.49. The van der Waals surface area contributed by atoms with E-state index >= 15 is 0 Å². The summed E-state index contributed by atoms with van der Waals surface area (Å²) in [5.41, 5.74) is 0.487. The highest BCUT2D eigenvalue weighted by atomic mass is 79.9. The van der Waals surface area contributed by atoms with Gasteiger partial charge in [-0.2, -0.15) is 0 Å². The van der Waals surface area contributed by atoms with Crippen LogP contribution in [0.15, 0.2) is 18.2 Å². The average Bonchev–Trinajstić information content (AvgIpc) is 2.45. The van der Waals surface area contributed by atoms with Crippen molar-refractivity contribution in [2.45, 2.75) is 26.3 Å². The lowest BCUT2D eigenvalue weighted by molar-refractivity contribution is 0.0699. The van der Waals surface area contributed by atoms with Crippen molar-refractivity contribution in [1.82, 2.24) is 4.90 Å². The second-order valence-electron chi connectivity index (χ2n) is 4.67. The number of carbonyl (C=O) groups excluding carboxylic acids is 1. The van der Waals surface area contributed by atoms with Gasteiger partial charge in [0.05, 0.1) is 14.2 Å². The van der Waals surface area contributed by atoms with Crippen molar-refractivity contribution in [3.63, 3.8) is 0 Å². The molecule has 1 amide bonds. The predicted octanol–water partition coefficient (Wildman–Crippen LogP) is 3.34. The Morgan fingerprint density at radius 2 is 1.80 bits per heavy atom. The third-order valence-electron chi connectivity index (χ3n) is 3.06. The van der Waals surface area contributed by atoms with E-state index in [4.69, 9.17) is 9.47 Å². The molecule has 0 aliphatic rings. The molecule has 0 heterocycles. The molecule has 0 aromatic heterocycles. The minimum atomic E-state index is -0.0600. The first-order chi connectivity index (χ1) is 9.56. The van der Waals surface area contributed by atoms with Crippen molar-refractivity contribution in [2.75, 3.05) is 26.1 Å². The Morgan fingerprint density at radius 1 is 1.25 bits per heavy atom. The molecule has 0 aliphatic carbocycles. The molecule has 0 aliphatic heterocycles. The summed E-state index contributed by atoms with van der Waals surface area (Å²) in [5, 5.41) is 0.868. The number of hydrogen-bond donors (Lipinski definition) is 0. The summed E-state index contributed by atoms with van der Waals surface area (Å²) in [6.45, 7) is 4.71. The topological polar surface area (TPSA) is 38.8 Å². The van der Waals surface area contributed by atoms with Crippen LogP contribution in [0.3, 0.4) is 0 Å². The van der Waals surface area contributed by atoms with Crippen molar-refractivity contribution >= 4 is 21.8 Å². The first-order valence-corrected chi connectivity index (χ1v) is 7.76. The fraction of sp³-hybridized carbons (Fsp3) is 0.533. The fourth-order valence-corrected chi connectivity index (χ4v) is 2.28. The second-order valence-corrected chi connectivity index (χ2v) is 5.47. The Morgan fingerprint density at radius 3 is 2.20 bits per heavy atom. The van der Waals surface area contributed by atoms with Gasteiger partial charge in [0.15, 0.2) is 0 Å². The zero-order valence-corrected chi connectivity index (χ0v) is 14.1. The number of benzene rings is 1. The highest BCUT2D eigenvalue weighted by molar-refractivity contribution is 9.09. The van der Waals surface area contributed by atoms with Crippen LogP contribution in [0.2, 0.25) is 0 Å².